The summed E-state index contributed by atoms with van der Waals surface area (Å²) in [6.45, 7) is 2.00. The van der Waals surface area contributed by atoms with Gasteiger partial charge in [0.25, 0.3) is 0 Å². The lowest BCUT2D eigenvalue weighted by Gasteiger charge is -2.01. The SMILES string of the molecule is COc1ccc2sc(C)nc2c1Br. The molecule has 2 nitrogen and oxygen atoms in total. The molecule has 1 aromatic heterocycles. The summed E-state index contributed by atoms with van der Waals surface area (Å²) in [6.07, 6.45) is 0. The van der Waals surface area contributed by atoms with Gasteiger partial charge in [-0.1, -0.05) is 0 Å². The quantitative estimate of drug-likeness (QED) is 0.782. The van der Waals surface area contributed by atoms with E-state index in [2.05, 4.69) is 20.9 Å². The molecular formula is C9H8BrNOS. The van der Waals surface area contributed by atoms with Crippen LogP contribution in [-0.4, -0.2) is 12.1 Å². The zero-order chi connectivity index (χ0) is 9.42. The van der Waals surface area contributed by atoms with Crippen LogP contribution in [0.4, 0.5) is 0 Å². The van der Waals surface area contributed by atoms with Crippen LogP contribution in [0.3, 0.4) is 0 Å². The van der Waals surface area contributed by atoms with Crippen molar-refractivity contribution < 1.29 is 4.74 Å². The first-order valence-electron chi connectivity index (χ1n) is 3.82. The Balaban J connectivity index is 2.78. The summed E-state index contributed by atoms with van der Waals surface area (Å²) in [5.74, 6) is 0.831. The molecule has 1 aromatic carbocycles. The second-order valence-electron chi connectivity index (χ2n) is 2.66. The van der Waals surface area contributed by atoms with Gasteiger partial charge in [0.15, 0.2) is 0 Å². The van der Waals surface area contributed by atoms with E-state index in [4.69, 9.17) is 4.74 Å². The van der Waals surface area contributed by atoms with Crippen LogP contribution in [0, 0.1) is 6.92 Å². The predicted octanol–water partition coefficient (Wildman–Crippen LogP) is 3.38. The first-order valence-corrected chi connectivity index (χ1v) is 5.43. The Labute approximate surface area is 88.7 Å². The molecule has 0 N–H and O–H groups in total. The Morgan fingerprint density at radius 3 is 2.92 bits per heavy atom. The lowest BCUT2D eigenvalue weighted by Crippen LogP contribution is -1.84. The van der Waals surface area contributed by atoms with Gasteiger partial charge in [0.2, 0.25) is 0 Å². The van der Waals surface area contributed by atoms with Crippen molar-refractivity contribution in [2.24, 2.45) is 0 Å². The van der Waals surface area contributed by atoms with Gasteiger partial charge in [-0.3, -0.25) is 0 Å². The minimum atomic E-state index is 0.831. The van der Waals surface area contributed by atoms with Gasteiger partial charge < -0.3 is 4.74 Å². The highest BCUT2D eigenvalue weighted by molar-refractivity contribution is 9.10. The number of rotatable bonds is 1. The van der Waals surface area contributed by atoms with Crippen molar-refractivity contribution in [3.8, 4) is 5.75 Å². The monoisotopic (exact) mass is 257 g/mol. The number of hydrogen-bond donors (Lipinski definition) is 0. The van der Waals surface area contributed by atoms with Gasteiger partial charge >= 0.3 is 0 Å². The van der Waals surface area contributed by atoms with Crippen molar-refractivity contribution in [1.82, 2.24) is 4.98 Å². The van der Waals surface area contributed by atoms with E-state index >= 15 is 0 Å². The fourth-order valence-corrected chi connectivity index (χ4v) is 2.78. The van der Waals surface area contributed by atoms with Crippen molar-refractivity contribution >= 4 is 37.5 Å². The number of halogens is 1. The normalized spacial score (nSPS) is 10.7. The summed E-state index contributed by atoms with van der Waals surface area (Å²) in [7, 11) is 1.66. The van der Waals surface area contributed by atoms with E-state index in [0.717, 1.165) is 20.7 Å². The number of thiazole rings is 1. The standard InChI is InChI=1S/C9H8BrNOS/c1-5-11-9-7(13-5)4-3-6(12-2)8(9)10/h3-4H,1-2H3. The smallest absolute Gasteiger partial charge is 0.135 e. The fraction of sp³-hybridized carbons (Fsp3) is 0.222. The van der Waals surface area contributed by atoms with Crippen molar-refractivity contribution in [3.05, 3.63) is 21.6 Å². The largest absolute Gasteiger partial charge is 0.495 e. The Kier molecular flexibility index (Phi) is 2.26. The van der Waals surface area contributed by atoms with E-state index in [0.29, 0.717) is 0 Å². The maximum atomic E-state index is 5.18. The second-order valence-corrected chi connectivity index (χ2v) is 4.69. The van der Waals surface area contributed by atoms with Gasteiger partial charge in [0.05, 0.1) is 26.8 Å². The third-order valence-corrected chi connectivity index (χ3v) is 3.49. The molecule has 4 heteroatoms. The highest BCUT2D eigenvalue weighted by atomic mass is 79.9. The molecule has 1 heterocycles. The summed E-state index contributed by atoms with van der Waals surface area (Å²) in [5, 5.41) is 1.07. The Morgan fingerprint density at radius 2 is 2.23 bits per heavy atom. The van der Waals surface area contributed by atoms with Crippen LogP contribution in [0.15, 0.2) is 16.6 Å². The topological polar surface area (TPSA) is 22.1 Å². The molecule has 0 fully saturated rings. The van der Waals surface area contributed by atoms with Crippen LogP contribution in [0.2, 0.25) is 0 Å². The summed E-state index contributed by atoms with van der Waals surface area (Å²) < 4.78 is 7.31. The highest BCUT2D eigenvalue weighted by Crippen LogP contribution is 2.34. The van der Waals surface area contributed by atoms with Crippen LogP contribution < -0.4 is 4.74 Å². The Bertz CT molecular complexity index is 452. The Morgan fingerprint density at radius 1 is 1.46 bits per heavy atom. The van der Waals surface area contributed by atoms with Crippen molar-refractivity contribution in [3.63, 3.8) is 0 Å². The minimum Gasteiger partial charge on any atom is -0.495 e. The van der Waals surface area contributed by atoms with Crippen LogP contribution in [0.25, 0.3) is 10.2 Å². The van der Waals surface area contributed by atoms with Gasteiger partial charge in [0.1, 0.15) is 5.75 Å². The lowest BCUT2D eigenvalue weighted by molar-refractivity contribution is 0.413. The molecular weight excluding hydrogens is 250 g/mol. The molecule has 0 bridgehead atoms. The third-order valence-electron chi connectivity index (χ3n) is 1.79. The summed E-state index contributed by atoms with van der Waals surface area (Å²) in [4.78, 5) is 4.41. The number of benzene rings is 1. The molecule has 13 heavy (non-hydrogen) atoms. The van der Waals surface area contributed by atoms with E-state index in [9.17, 15) is 0 Å². The molecule has 0 aliphatic heterocycles. The maximum Gasteiger partial charge on any atom is 0.135 e. The average Bonchev–Trinajstić information content (AvgIpc) is 2.47. The summed E-state index contributed by atoms with van der Waals surface area (Å²) in [6, 6.07) is 3.98. The van der Waals surface area contributed by atoms with Crippen molar-refractivity contribution in [2.75, 3.05) is 7.11 Å². The average molecular weight is 258 g/mol. The first-order chi connectivity index (χ1) is 6.22. The van der Waals surface area contributed by atoms with Gasteiger partial charge in [-0.25, -0.2) is 4.98 Å². The fourth-order valence-electron chi connectivity index (χ4n) is 1.21. The number of ether oxygens (including phenoxy) is 1. The summed E-state index contributed by atoms with van der Waals surface area (Å²) >= 11 is 5.16. The van der Waals surface area contributed by atoms with Crippen molar-refractivity contribution in [2.45, 2.75) is 6.92 Å². The van der Waals surface area contributed by atoms with E-state index < -0.39 is 0 Å². The molecule has 2 rings (SSSR count). The zero-order valence-electron chi connectivity index (χ0n) is 7.30. The van der Waals surface area contributed by atoms with Gasteiger partial charge in [0, 0.05) is 0 Å². The molecule has 0 radical (unpaired) electrons. The first kappa shape index (κ1) is 8.97. The van der Waals surface area contributed by atoms with Gasteiger partial charge in [-0.15, -0.1) is 11.3 Å². The van der Waals surface area contributed by atoms with E-state index in [1.165, 1.54) is 4.70 Å². The lowest BCUT2D eigenvalue weighted by atomic mass is 10.3. The van der Waals surface area contributed by atoms with Crippen LogP contribution in [0.5, 0.6) is 5.75 Å². The van der Waals surface area contributed by atoms with Crippen LogP contribution >= 0.6 is 27.3 Å². The van der Waals surface area contributed by atoms with Crippen LogP contribution in [-0.2, 0) is 0 Å². The molecule has 0 saturated heterocycles. The minimum absolute atomic E-state index is 0.831. The molecule has 0 spiro atoms. The van der Waals surface area contributed by atoms with E-state index in [1.807, 2.05) is 19.1 Å². The predicted molar refractivity (Wildman–Crippen MR) is 58.6 cm³/mol. The number of fused-ring (bicyclic) bond motifs is 1. The highest BCUT2D eigenvalue weighted by Gasteiger charge is 2.08. The number of methoxy groups -OCH3 is 1. The Hall–Kier alpha value is -0.610. The second kappa shape index (κ2) is 3.27. The number of hydrogen-bond acceptors (Lipinski definition) is 3. The summed E-state index contributed by atoms with van der Waals surface area (Å²) in [5.41, 5.74) is 0.988. The molecule has 0 aliphatic rings. The molecule has 68 valence electrons. The molecule has 0 aliphatic carbocycles. The number of aryl methyl sites for hydroxylation is 1. The molecule has 2 aromatic rings. The third kappa shape index (κ3) is 1.44. The molecule has 0 unspecified atom stereocenters. The van der Waals surface area contributed by atoms with Crippen LogP contribution in [0.1, 0.15) is 5.01 Å². The molecule has 0 atom stereocenters. The molecule has 0 amide bonds. The zero-order valence-corrected chi connectivity index (χ0v) is 9.70. The van der Waals surface area contributed by atoms with Crippen molar-refractivity contribution in [1.29, 1.82) is 0 Å². The van der Waals surface area contributed by atoms with Gasteiger partial charge in [-0.05, 0) is 35.0 Å². The number of aromatic nitrogens is 1. The molecule has 0 saturated carbocycles. The maximum absolute atomic E-state index is 5.18. The van der Waals surface area contributed by atoms with E-state index in [1.54, 1.807) is 18.4 Å². The van der Waals surface area contributed by atoms with E-state index in [-0.39, 0.29) is 0 Å². The van der Waals surface area contributed by atoms with Gasteiger partial charge in [-0.2, -0.15) is 0 Å². The number of nitrogens with zero attached hydrogens (tertiary/aromatic N) is 1.